The fourth-order valence-electron chi connectivity index (χ4n) is 1.04. The van der Waals surface area contributed by atoms with Crippen molar-refractivity contribution in [3.8, 4) is 0 Å². The number of amides is 1. The summed E-state index contributed by atoms with van der Waals surface area (Å²) in [6, 6.07) is 3.39. The van der Waals surface area contributed by atoms with Crippen molar-refractivity contribution in [2.45, 2.75) is 19.2 Å². The minimum atomic E-state index is -1.40. The van der Waals surface area contributed by atoms with Crippen LogP contribution in [-0.4, -0.2) is 15.1 Å². The van der Waals surface area contributed by atoms with Gasteiger partial charge < -0.3 is 0 Å². The summed E-state index contributed by atoms with van der Waals surface area (Å²) in [6.45, 7) is 1.79. The van der Waals surface area contributed by atoms with Gasteiger partial charge in [0.1, 0.15) is 5.69 Å². The van der Waals surface area contributed by atoms with Gasteiger partial charge in [0, 0.05) is 5.69 Å². The van der Waals surface area contributed by atoms with Gasteiger partial charge in [0.2, 0.25) is 0 Å². The van der Waals surface area contributed by atoms with Crippen LogP contribution in [0, 0.1) is 6.92 Å². The molecule has 1 aliphatic heterocycles. The van der Waals surface area contributed by atoms with Crippen molar-refractivity contribution in [1.82, 2.24) is 9.71 Å². The summed E-state index contributed by atoms with van der Waals surface area (Å²) < 4.78 is 13.4. The van der Waals surface area contributed by atoms with Gasteiger partial charge in [-0.05, 0) is 19.1 Å². The van der Waals surface area contributed by atoms with E-state index >= 15 is 0 Å². The van der Waals surface area contributed by atoms with E-state index in [0.717, 1.165) is 5.69 Å². The van der Waals surface area contributed by atoms with Crippen molar-refractivity contribution in [3.63, 3.8) is 0 Å². The van der Waals surface area contributed by atoms with E-state index in [9.17, 15) is 9.00 Å². The van der Waals surface area contributed by atoms with Gasteiger partial charge in [0.25, 0.3) is 5.91 Å². The molecule has 2 heterocycles. The van der Waals surface area contributed by atoms with Crippen LogP contribution < -0.4 is 4.72 Å². The number of nitrogens with one attached hydrogen (secondary N) is 1. The molecule has 0 aliphatic carbocycles. The van der Waals surface area contributed by atoms with Crippen LogP contribution in [0.25, 0.3) is 0 Å². The zero-order valence-corrected chi connectivity index (χ0v) is 7.14. The number of carbonyl (C=O) groups is 1. The smallest absolute Gasteiger partial charge is 0.266 e. The Bertz CT molecular complexity index is 390. The Hall–Kier alpha value is -1.23. The molecule has 1 aliphatic rings. The number of hydrogen-bond acceptors (Lipinski definition) is 3. The maximum atomic E-state index is 11.1. The van der Waals surface area contributed by atoms with Crippen LogP contribution in [0.1, 0.15) is 23.6 Å². The number of aromatic nitrogens is 1. The van der Waals surface area contributed by atoms with Gasteiger partial charge in [-0.1, -0.05) is 7.43 Å². The molecule has 4 nitrogen and oxygen atoms in total. The Labute approximate surface area is 79.0 Å². The maximum Gasteiger partial charge on any atom is 0.283 e. The highest BCUT2D eigenvalue weighted by Crippen LogP contribution is 2.16. The van der Waals surface area contributed by atoms with E-state index in [4.69, 9.17) is 0 Å². The van der Waals surface area contributed by atoms with Crippen molar-refractivity contribution in [2.75, 3.05) is 0 Å². The molecule has 1 aromatic heterocycles. The Morgan fingerprint density at radius 1 is 1.46 bits per heavy atom. The SMILES string of the molecule is C.Cc1ccc2c(n1)C(=O)NS2=O. The average Bonchev–Trinajstić information content (AvgIpc) is 2.28. The molecule has 2 rings (SSSR count). The Morgan fingerprint density at radius 2 is 2.15 bits per heavy atom. The van der Waals surface area contributed by atoms with Gasteiger partial charge in [-0.15, -0.1) is 0 Å². The van der Waals surface area contributed by atoms with E-state index in [1.807, 2.05) is 0 Å². The molecular weight excluding hydrogens is 188 g/mol. The summed E-state index contributed by atoms with van der Waals surface area (Å²) in [6.07, 6.45) is 0. The van der Waals surface area contributed by atoms with E-state index in [1.165, 1.54) is 0 Å². The molecule has 0 fully saturated rings. The van der Waals surface area contributed by atoms with Gasteiger partial charge in [-0.2, -0.15) is 0 Å². The standard InChI is InChI=1S/C7H6N2O2S.CH4/c1-4-2-3-5-6(8-4)7(10)9-12(5)11;/h2-3H,1H3,(H,9,10);1H4. The van der Waals surface area contributed by atoms with Crippen LogP contribution in [0.5, 0.6) is 0 Å². The molecule has 1 N–H and O–H groups in total. The van der Waals surface area contributed by atoms with Crippen molar-refractivity contribution in [3.05, 3.63) is 23.5 Å². The first-order valence-electron chi connectivity index (χ1n) is 3.39. The molecule has 0 bridgehead atoms. The van der Waals surface area contributed by atoms with Crippen LogP contribution >= 0.6 is 0 Å². The van der Waals surface area contributed by atoms with Crippen LogP contribution in [0.15, 0.2) is 17.0 Å². The Kier molecular flexibility index (Phi) is 2.47. The number of hydrogen-bond donors (Lipinski definition) is 1. The molecule has 13 heavy (non-hydrogen) atoms. The second-order valence-electron chi connectivity index (χ2n) is 2.50. The highest BCUT2D eigenvalue weighted by atomic mass is 32.2. The third-order valence-electron chi connectivity index (χ3n) is 1.60. The Morgan fingerprint density at radius 3 is 2.85 bits per heavy atom. The summed E-state index contributed by atoms with van der Waals surface area (Å²) in [5.74, 6) is -0.355. The maximum absolute atomic E-state index is 11.1. The fraction of sp³-hybridized carbons (Fsp3) is 0.250. The number of pyridine rings is 1. The fourth-order valence-corrected chi connectivity index (χ4v) is 1.92. The van der Waals surface area contributed by atoms with Gasteiger partial charge in [0.05, 0.1) is 4.90 Å². The third kappa shape index (κ3) is 1.47. The molecule has 1 atom stereocenters. The average molecular weight is 198 g/mol. The molecule has 5 heteroatoms. The number of carbonyl (C=O) groups excluding carboxylic acids is 1. The highest BCUT2D eigenvalue weighted by molar-refractivity contribution is 7.84. The molecule has 0 saturated carbocycles. The van der Waals surface area contributed by atoms with Crippen LogP contribution in [0.4, 0.5) is 0 Å². The first kappa shape index (κ1) is 9.85. The van der Waals surface area contributed by atoms with E-state index < -0.39 is 11.0 Å². The normalized spacial score (nSPS) is 18.8. The lowest BCUT2D eigenvalue weighted by Crippen LogP contribution is -2.16. The largest absolute Gasteiger partial charge is 0.283 e. The lowest BCUT2D eigenvalue weighted by molar-refractivity contribution is 0.0981. The van der Waals surface area contributed by atoms with E-state index in [-0.39, 0.29) is 19.0 Å². The number of aryl methyl sites for hydroxylation is 1. The molecule has 70 valence electrons. The molecule has 0 spiro atoms. The van der Waals surface area contributed by atoms with Gasteiger partial charge in [0.15, 0.2) is 11.0 Å². The molecule has 0 radical (unpaired) electrons. The second kappa shape index (κ2) is 3.26. The van der Waals surface area contributed by atoms with Gasteiger partial charge >= 0.3 is 0 Å². The topological polar surface area (TPSA) is 59.1 Å². The summed E-state index contributed by atoms with van der Waals surface area (Å²) >= 11 is 0. The van der Waals surface area contributed by atoms with Crippen molar-refractivity contribution < 1.29 is 9.00 Å². The molecule has 0 saturated heterocycles. The van der Waals surface area contributed by atoms with Crippen LogP contribution in [0.2, 0.25) is 0 Å². The van der Waals surface area contributed by atoms with Crippen LogP contribution in [-0.2, 0) is 11.0 Å². The van der Waals surface area contributed by atoms with Crippen molar-refractivity contribution in [1.29, 1.82) is 0 Å². The zero-order chi connectivity index (χ0) is 8.72. The minimum absolute atomic E-state index is 0. The summed E-state index contributed by atoms with van der Waals surface area (Å²) in [4.78, 5) is 15.5. The quantitative estimate of drug-likeness (QED) is 0.670. The van der Waals surface area contributed by atoms with E-state index in [2.05, 4.69) is 9.71 Å². The number of nitrogens with zero attached hydrogens (tertiary/aromatic N) is 1. The van der Waals surface area contributed by atoms with Gasteiger partial charge in [-0.25, -0.2) is 9.19 Å². The first-order valence-corrected chi connectivity index (χ1v) is 4.54. The summed E-state index contributed by atoms with van der Waals surface area (Å²) in [5, 5.41) is 0. The predicted octanol–water partition coefficient (Wildman–Crippen LogP) is 0.792. The van der Waals surface area contributed by atoms with Gasteiger partial charge in [-0.3, -0.25) is 9.52 Å². The monoisotopic (exact) mass is 198 g/mol. The second-order valence-corrected chi connectivity index (χ2v) is 3.68. The highest BCUT2D eigenvalue weighted by Gasteiger charge is 2.26. The predicted molar refractivity (Wildman–Crippen MR) is 49.6 cm³/mol. The lowest BCUT2D eigenvalue weighted by Gasteiger charge is -1.93. The molecule has 1 amide bonds. The zero-order valence-electron chi connectivity index (χ0n) is 6.33. The van der Waals surface area contributed by atoms with Crippen molar-refractivity contribution in [2.24, 2.45) is 0 Å². The molecule has 1 unspecified atom stereocenters. The third-order valence-corrected chi connectivity index (χ3v) is 2.70. The summed E-state index contributed by atoms with van der Waals surface area (Å²) in [5.41, 5.74) is 1.04. The lowest BCUT2D eigenvalue weighted by atomic mass is 10.3. The minimum Gasteiger partial charge on any atom is -0.266 e. The van der Waals surface area contributed by atoms with E-state index in [0.29, 0.717) is 4.90 Å². The number of rotatable bonds is 0. The molecule has 1 aromatic rings. The first-order chi connectivity index (χ1) is 5.68. The summed E-state index contributed by atoms with van der Waals surface area (Å²) in [7, 11) is -1.40. The van der Waals surface area contributed by atoms with Crippen molar-refractivity contribution >= 4 is 16.9 Å². The molecule has 0 aromatic carbocycles. The van der Waals surface area contributed by atoms with Crippen LogP contribution in [0.3, 0.4) is 0 Å². The van der Waals surface area contributed by atoms with E-state index in [1.54, 1.807) is 19.1 Å². The molecular formula is C8H10N2O2S. The Balaban J connectivity index is 0.000000845. The number of fused-ring (bicyclic) bond motifs is 1.